The number of amides is 2. The molecule has 2 aromatic carbocycles. The molecule has 0 bridgehead atoms. The molecule has 12 heteroatoms. The van der Waals surface area contributed by atoms with Crippen molar-refractivity contribution in [3.05, 3.63) is 94.8 Å². The standard InChI is InChI=1S/C24H19F6N3O3/c1-2-36-21(34)15-5-3-6-17(13-15)32-22(35)33-19(14-8-10-16(11-9-14)23(25,26)27)20-18(24(28,29)30)7-4-12-31-20/h3-13,19H,2H2,1H3,(H2,32,33,35)/t19-/m0/s1. The molecule has 190 valence electrons. The first-order chi connectivity index (χ1) is 16.9. The van der Waals surface area contributed by atoms with E-state index in [4.69, 9.17) is 4.74 Å². The Hall–Kier alpha value is -4.09. The highest BCUT2D eigenvalue weighted by molar-refractivity contribution is 5.94. The van der Waals surface area contributed by atoms with Crippen LogP contribution in [0.3, 0.4) is 0 Å². The highest BCUT2D eigenvalue weighted by Crippen LogP contribution is 2.36. The molecule has 0 unspecified atom stereocenters. The molecule has 0 fully saturated rings. The molecular formula is C24H19F6N3O3. The lowest BCUT2D eigenvalue weighted by Gasteiger charge is -2.23. The van der Waals surface area contributed by atoms with E-state index in [1.807, 2.05) is 0 Å². The molecule has 0 saturated heterocycles. The first-order valence-electron chi connectivity index (χ1n) is 10.4. The first kappa shape index (κ1) is 26.5. The van der Waals surface area contributed by atoms with Crippen LogP contribution >= 0.6 is 0 Å². The maximum absolute atomic E-state index is 13.7. The minimum absolute atomic E-state index is 0.0670. The van der Waals surface area contributed by atoms with E-state index in [9.17, 15) is 35.9 Å². The van der Waals surface area contributed by atoms with Gasteiger partial charge in [-0.3, -0.25) is 4.98 Å². The second kappa shape index (κ2) is 10.7. The third-order valence-corrected chi connectivity index (χ3v) is 4.90. The lowest BCUT2D eigenvalue weighted by Crippen LogP contribution is -2.35. The van der Waals surface area contributed by atoms with Gasteiger partial charge in [-0.15, -0.1) is 0 Å². The van der Waals surface area contributed by atoms with Crippen LogP contribution in [0.4, 0.5) is 36.8 Å². The number of hydrogen-bond donors (Lipinski definition) is 2. The van der Waals surface area contributed by atoms with Gasteiger partial charge in [0.15, 0.2) is 0 Å². The highest BCUT2D eigenvalue weighted by atomic mass is 19.4. The molecular weight excluding hydrogens is 492 g/mol. The van der Waals surface area contributed by atoms with Crippen molar-refractivity contribution in [3.63, 3.8) is 0 Å². The number of ether oxygens (including phenoxy) is 1. The van der Waals surface area contributed by atoms with Crippen molar-refractivity contribution in [2.45, 2.75) is 25.3 Å². The molecule has 0 saturated carbocycles. The number of rotatable bonds is 6. The van der Waals surface area contributed by atoms with Crippen molar-refractivity contribution in [1.82, 2.24) is 10.3 Å². The molecule has 0 aliphatic heterocycles. The van der Waals surface area contributed by atoms with Crippen molar-refractivity contribution in [1.29, 1.82) is 0 Å². The lowest BCUT2D eigenvalue weighted by atomic mass is 9.98. The van der Waals surface area contributed by atoms with Crippen molar-refractivity contribution >= 4 is 17.7 Å². The molecule has 6 nitrogen and oxygen atoms in total. The van der Waals surface area contributed by atoms with Gasteiger partial charge in [-0.25, -0.2) is 9.59 Å². The average molecular weight is 511 g/mol. The number of alkyl halides is 6. The second-order valence-corrected chi connectivity index (χ2v) is 7.39. The van der Waals surface area contributed by atoms with Crippen LogP contribution in [0, 0.1) is 0 Å². The number of anilines is 1. The average Bonchev–Trinajstić information content (AvgIpc) is 2.82. The summed E-state index contributed by atoms with van der Waals surface area (Å²) >= 11 is 0. The van der Waals surface area contributed by atoms with Gasteiger partial charge in [-0.1, -0.05) is 18.2 Å². The normalized spacial score (nSPS) is 12.5. The van der Waals surface area contributed by atoms with E-state index in [-0.39, 0.29) is 23.4 Å². The number of aromatic nitrogens is 1. The van der Waals surface area contributed by atoms with Crippen LogP contribution in [-0.4, -0.2) is 23.6 Å². The smallest absolute Gasteiger partial charge is 0.418 e. The molecule has 2 amide bonds. The minimum atomic E-state index is -4.85. The zero-order valence-corrected chi connectivity index (χ0v) is 18.6. The van der Waals surface area contributed by atoms with Gasteiger partial charge in [0.2, 0.25) is 0 Å². The summed E-state index contributed by atoms with van der Waals surface area (Å²) in [7, 11) is 0. The predicted octanol–water partition coefficient (Wildman–Crippen LogP) is 6.21. The molecule has 0 spiro atoms. The third-order valence-electron chi connectivity index (χ3n) is 4.90. The van der Waals surface area contributed by atoms with Gasteiger partial charge >= 0.3 is 24.4 Å². The van der Waals surface area contributed by atoms with Gasteiger partial charge in [0.05, 0.1) is 35.0 Å². The molecule has 0 radical (unpaired) electrons. The van der Waals surface area contributed by atoms with Crippen molar-refractivity contribution in [2.24, 2.45) is 0 Å². The molecule has 0 aliphatic rings. The molecule has 1 heterocycles. The molecule has 3 rings (SSSR count). The number of halogens is 6. The number of nitrogens with one attached hydrogen (secondary N) is 2. The van der Waals surface area contributed by atoms with Crippen LogP contribution in [0.2, 0.25) is 0 Å². The number of carbonyl (C=O) groups excluding carboxylic acids is 2. The van der Waals surface area contributed by atoms with E-state index < -0.39 is 47.2 Å². The zero-order valence-electron chi connectivity index (χ0n) is 18.6. The van der Waals surface area contributed by atoms with E-state index in [1.165, 1.54) is 24.3 Å². The minimum Gasteiger partial charge on any atom is -0.462 e. The Balaban J connectivity index is 1.95. The third kappa shape index (κ3) is 6.52. The van der Waals surface area contributed by atoms with Crippen molar-refractivity contribution < 1.29 is 40.7 Å². The SMILES string of the molecule is CCOC(=O)c1cccc(NC(=O)N[C@@H](c2ccc(C(F)(F)F)cc2)c2ncccc2C(F)(F)F)c1. The molecule has 1 atom stereocenters. The Morgan fingerprint density at radius 1 is 0.944 bits per heavy atom. The van der Waals surface area contributed by atoms with Crippen LogP contribution in [0.1, 0.15) is 45.7 Å². The summed E-state index contributed by atoms with van der Waals surface area (Å²) in [4.78, 5) is 28.4. The summed E-state index contributed by atoms with van der Waals surface area (Å²) in [6.07, 6.45) is -8.44. The maximum atomic E-state index is 13.7. The highest BCUT2D eigenvalue weighted by Gasteiger charge is 2.37. The van der Waals surface area contributed by atoms with Crippen molar-refractivity contribution in [2.75, 3.05) is 11.9 Å². The van der Waals surface area contributed by atoms with Crippen molar-refractivity contribution in [3.8, 4) is 0 Å². The van der Waals surface area contributed by atoms with Gasteiger partial charge in [0.1, 0.15) is 0 Å². The largest absolute Gasteiger partial charge is 0.462 e. The molecule has 1 aromatic heterocycles. The van der Waals surface area contributed by atoms with Gasteiger partial charge in [0.25, 0.3) is 0 Å². The Bertz CT molecular complexity index is 1230. The number of pyridine rings is 1. The molecule has 36 heavy (non-hydrogen) atoms. The van der Waals surface area contributed by atoms with Crippen LogP contribution in [0.15, 0.2) is 66.9 Å². The zero-order chi connectivity index (χ0) is 26.5. The predicted molar refractivity (Wildman–Crippen MR) is 117 cm³/mol. The molecule has 2 N–H and O–H groups in total. The lowest BCUT2D eigenvalue weighted by molar-refractivity contribution is -0.139. The Morgan fingerprint density at radius 2 is 1.64 bits per heavy atom. The number of benzene rings is 2. The summed E-state index contributed by atoms with van der Waals surface area (Å²) in [5, 5.41) is 4.73. The Morgan fingerprint density at radius 3 is 2.25 bits per heavy atom. The van der Waals surface area contributed by atoms with Gasteiger partial charge < -0.3 is 15.4 Å². The van der Waals surface area contributed by atoms with E-state index in [1.54, 1.807) is 6.92 Å². The fourth-order valence-corrected chi connectivity index (χ4v) is 3.30. The van der Waals surface area contributed by atoms with Crippen LogP contribution in [-0.2, 0) is 17.1 Å². The summed E-state index contributed by atoms with van der Waals surface area (Å²) in [6, 6.07) is 8.20. The second-order valence-electron chi connectivity index (χ2n) is 7.39. The molecule has 3 aromatic rings. The van der Waals surface area contributed by atoms with Gasteiger partial charge in [0, 0.05) is 11.9 Å². The van der Waals surface area contributed by atoms with E-state index in [0.717, 1.165) is 30.5 Å². The quantitative estimate of drug-likeness (QED) is 0.305. The topological polar surface area (TPSA) is 80.3 Å². The fraction of sp³-hybridized carbons (Fsp3) is 0.208. The van der Waals surface area contributed by atoms with Crippen LogP contribution in [0.5, 0.6) is 0 Å². The van der Waals surface area contributed by atoms with E-state index in [2.05, 4.69) is 15.6 Å². The Labute approximate surface area is 201 Å². The first-order valence-corrected chi connectivity index (χ1v) is 10.4. The van der Waals surface area contributed by atoms with Gasteiger partial charge in [-0.2, -0.15) is 26.3 Å². The van der Waals surface area contributed by atoms with Gasteiger partial charge in [-0.05, 0) is 55.0 Å². The summed E-state index contributed by atoms with van der Waals surface area (Å²) < 4.78 is 84.8. The number of urea groups is 1. The van der Waals surface area contributed by atoms with E-state index >= 15 is 0 Å². The maximum Gasteiger partial charge on any atom is 0.418 e. The van der Waals surface area contributed by atoms with Crippen LogP contribution in [0.25, 0.3) is 0 Å². The molecule has 0 aliphatic carbocycles. The fourth-order valence-electron chi connectivity index (χ4n) is 3.30. The number of nitrogens with zero attached hydrogens (tertiary/aromatic N) is 1. The number of hydrogen-bond acceptors (Lipinski definition) is 4. The summed E-state index contributed by atoms with van der Waals surface area (Å²) in [5.74, 6) is -0.646. The van der Waals surface area contributed by atoms with E-state index in [0.29, 0.717) is 12.1 Å². The van der Waals surface area contributed by atoms with Crippen LogP contribution < -0.4 is 10.6 Å². The number of esters is 1. The summed E-state index contributed by atoms with van der Waals surface area (Å²) in [6.45, 7) is 1.74. The monoisotopic (exact) mass is 511 g/mol. The Kier molecular flexibility index (Phi) is 7.86. The summed E-state index contributed by atoms with van der Waals surface area (Å²) in [5.41, 5.74) is -2.61. The number of carbonyl (C=O) groups is 2.